The Labute approximate surface area is 161 Å². The van der Waals surface area contributed by atoms with Crippen LogP contribution in [0.5, 0.6) is 0 Å². The number of amides is 1. The number of aromatic amines is 1. The molecule has 0 spiro atoms. The van der Waals surface area contributed by atoms with Crippen LogP contribution in [0.25, 0.3) is 0 Å². The molecule has 2 aliphatic rings. The van der Waals surface area contributed by atoms with Crippen molar-refractivity contribution in [2.24, 2.45) is 5.41 Å². The van der Waals surface area contributed by atoms with Crippen LogP contribution < -0.4 is 5.32 Å². The first-order valence-corrected chi connectivity index (χ1v) is 10.7. The number of fused-ring (bicyclic) bond motifs is 1. The molecule has 1 amide bonds. The number of carbonyl (C=O) groups excluding carboxylic acids is 1. The van der Waals surface area contributed by atoms with Crippen LogP contribution in [-0.2, 0) is 21.5 Å². The lowest BCUT2D eigenvalue weighted by Crippen LogP contribution is -2.67. The normalized spacial score (nSPS) is 27.5. The number of likely N-dealkylation sites (N-methyl/N-ethyl adjacent to an activating group) is 1. The van der Waals surface area contributed by atoms with Crippen LogP contribution in [0.3, 0.4) is 0 Å². The van der Waals surface area contributed by atoms with Crippen LogP contribution >= 0.6 is 0 Å². The summed E-state index contributed by atoms with van der Waals surface area (Å²) >= 11 is 0. The highest BCUT2D eigenvalue weighted by Crippen LogP contribution is 2.43. The largest absolute Gasteiger partial charge is 0.350 e. The van der Waals surface area contributed by atoms with Crippen molar-refractivity contribution in [3.8, 4) is 0 Å². The molecular weight excluding hydrogens is 368 g/mol. The highest BCUT2D eigenvalue weighted by atomic mass is 32.2. The number of aromatic nitrogens is 2. The Bertz CT molecular complexity index is 792. The lowest BCUT2D eigenvalue weighted by atomic mass is 9.68. The van der Waals surface area contributed by atoms with Gasteiger partial charge in [0.15, 0.2) is 0 Å². The average molecular weight is 399 g/mol. The van der Waals surface area contributed by atoms with Gasteiger partial charge in [-0.3, -0.25) is 9.89 Å². The summed E-state index contributed by atoms with van der Waals surface area (Å²) < 4.78 is 28.5. The van der Waals surface area contributed by atoms with E-state index >= 15 is 0 Å². The van der Waals surface area contributed by atoms with Gasteiger partial charge in [0, 0.05) is 32.9 Å². The smallest absolute Gasteiger partial charge is 0.281 e. The van der Waals surface area contributed by atoms with E-state index in [9.17, 15) is 13.2 Å². The third-order valence-corrected chi connectivity index (χ3v) is 7.76. The summed E-state index contributed by atoms with van der Waals surface area (Å²) in [5.74, 6) is -0.0695. The standard InChI is InChI=1S/C17H30N6O3S/c1-13-10-14(20-19-13)11-18-16(24)17-6-5-8-23(27(25,26)21(2)3)15(17)12-22(4)9-7-17/h10,15H,5-9,11-12H2,1-4H3,(H,18,24)(H,19,20)/t15-,17+/m0/s1. The highest BCUT2D eigenvalue weighted by molar-refractivity contribution is 7.86. The van der Waals surface area contributed by atoms with Gasteiger partial charge in [0.25, 0.3) is 10.2 Å². The molecule has 0 bridgehead atoms. The van der Waals surface area contributed by atoms with Gasteiger partial charge >= 0.3 is 0 Å². The van der Waals surface area contributed by atoms with E-state index in [4.69, 9.17) is 0 Å². The van der Waals surface area contributed by atoms with Crippen molar-refractivity contribution >= 4 is 16.1 Å². The molecular formula is C17H30N6O3S. The van der Waals surface area contributed by atoms with Crippen molar-refractivity contribution in [2.45, 2.75) is 38.8 Å². The first-order chi connectivity index (χ1) is 12.7. The fraction of sp³-hybridized carbons (Fsp3) is 0.765. The van der Waals surface area contributed by atoms with Gasteiger partial charge in [-0.25, -0.2) is 0 Å². The van der Waals surface area contributed by atoms with Gasteiger partial charge in [0.05, 0.1) is 23.7 Å². The molecule has 27 heavy (non-hydrogen) atoms. The van der Waals surface area contributed by atoms with Crippen molar-refractivity contribution in [1.29, 1.82) is 0 Å². The predicted molar refractivity (Wildman–Crippen MR) is 102 cm³/mol. The second-order valence-corrected chi connectivity index (χ2v) is 10.0. The van der Waals surface area contributed by atoms with E-state index in [-0.39, 0.29) is 11.9 Å². The highest BCUT2D eigenvalue weighted by Gasteiger charge is 2.55. The predicted octanol–water partition coefficient (Wildman–Crippen LogP) is -0.0730. The van der Waals surface area contributed by atoms with E-state index in [0.717, 1.165) is 17.9 Å². The molecule has 1 aromatic heterocycles. The Morgan fingerprint density at radius 2 is 2.15 bits per heavy atom. The number of hydrogen-bond acceptors (Lipinski definition) is 5. The molecule has 2 N–H and O–H groups in total. The molecule has 0 aliphatic carbocycles. The third kappa shape index (κ3) is 3.75. The SMILES string of the molecule is Cc1cc(CNC(=O)[C@@]23CCCN(S(=O)(=O)N(C)C)[C@H]2CN(C)CC3)n[nH]1. The zero-order chi connectivity index (χ0) is 19.8. The van der Waals surface area contributed by atoms with Gasteiger partial charge in [0.1, 0.15) is 0 Å². The molecule has 9 nitrogen and oxygen atoms in total. The monoisotopic (exact) mass is 398 g/mol. The van der Waals surface area contributed by atoms with Gasteiger partial charge in [0.2, 0.25) is 5.91 Å². The van der Waals surface area contributed by atoms with Gasteiger partial charge in [-0.05, 0) is 45.8 Å². The second-order valence-electron chi connectivity index (χ2n) is 7.91. The first kappa shape index (κ1) is 20.2. The van der Waals surface area contributed by atoms with E-state index in [1.165, 1.54) is 22.7 Å². The second kappa shape index (κ2) is 7.50. The Morgan fingerprint density at radius 3 is 2.78 bits per heavy atom. The number of nitrogens with zero attached hydrogens (tertiary/aromatic N) is 4. The zero-order valence-corrected chi connectivity index (χ0v) is 17.3. The number of hydrogen-bond donors (Lipinski definition) is 2. The van der Waals surface area contributed by atoms with Crippen LogP contribution in [0.4, 0.5) is 0 Å². The molecule has 2 saturated heterocycles. The topological polar surface area (TPSA) is 102 Å². The van der Waals surface area contributed by atoms with E-state index in [1.54, 1.807) is 0 Å². The zero-order valence-electron chi connectivity index (χ0n) is 16.5. The van der Waals surface area contributed by atoms with Crippen molar-refractivity contribution in [2.75, 3.05) is 40.8 Å². The molecule has 10 heteroatoms. The number of H-pyrrole nitrogens is 1. The van der Waals surface area contributed by atoms with Crippen LogP contribution in [-0.4, -0.2) is 84.9 Å². The van der Waals surface area contributed by atoms with Gasteiger partial charge < -0.3 is 10.2 Å². The Kier molecular flexibility index (Phi) is 5.62. The number of nitrogens with one attached hydrogen (secondary N) is 2. The summed E-state index contributed by atoms with van der Waals surface area (Å²) in [4.78, 5) is 15.4. The maximum Gasteiger partial charge on any atom is 0.281 e. The maximum absolute atomic E-state index is 13.3. The number of rotatable bonds is 5. The first-order valence-electron chi connectivity index (χ1n) is 9.34. The van der Waals surface area contributed by atoms with E-state index in [2.05, 4.69) is 20.4 Å². The summed E-state index contributed by atoms with van der Waals surface area (Å²) in [7, 11) is 1.47. The summed E-state index contributed by atoms with van der Waals surface area (Å²) in [6, 6.07) is 1.53. The fourth-order valence-corrected chi connectivity index (χ4v) is 5.63. The van der Waals surface area contributed by atoms with Crippen molar-refractivity contribution in [1.82, 2.24) is 29.0 Å². The molecule has 2 fully saturated rings. The molecule has 0 saturated carbocycles. The molecule has 0 aromatic carbocycles. The van der Waals surface area contributed by atoms with Crippen molar-refractivity contribution in [3.05, 3.63) is 17.5 Å². The molecule has 3 rings (SSSR count). The summed E-state index contributed by atoms with van der Waals surface area (Å²) in [5, 5.41) is 10.0. The number of piperidine rings is 2. The van der Waals surface area contributed by atoms with Crippen LogP contribution in [0.15, 0.2) is 6.07 Å². The minimum absolute atomic E-state index is 0.0695. The fourth-order valence-electron chi connectivity index (χ4n) is 4.26. The van der Waals surface area contributed by atoms with Crippen LogP contribution in [0.1, 0.15) is 30.7 Å². The average Bonchev–Trinajstić information content (AvgIpc) is 3.04. The quantitative estimate of drug-likeness (QED) is 0.723. The van der Waals surface area contributed by atoms with Gasteiger partial charge in [-0.15, -0.1) is 0 Å². The van der Waals surface area contributed by atoms with E-state index < -0.39 is 15.6 Å². The third-order valence-electron chi connectivity index (χ3n) is 5.81. The molecule has 2 aliphatic heterocycles. The molecule has 0 unspecified atom stereocenters. The molecule has 2 atom stereocenters. The Hall–Kier alpha value is -1.49. The minimum atomic E-state index is -3.59. The van der Waals surface area contributed by atoms with Gasteiger partial charge in [-0.1, -0.05) is 0 Å². The number of likely N-dealkylation sites (tertiary alicyclic amines) is 1. The number of aryl methyl sites for hydroxylation is 1. The lowest BCUT2D eigenvalue weighted by molar-refractivity contribution is -0.141. The molecule has 0 radical (unpaired) electrons. The summed E-state index contributed by atoms with van der Waals surface area (Å²) in [6.45, 7) is 4.04. The Morgan fingerprint density at radius 1 is 1.41 bits per heavy atom. The van der Waals surface area contributed by atoms with Crippen LogP contribution in [0, 0.1) is 12.3 Å². The lowest BCUT2D eigenvalue weighted by Gasteiger charge is -2.52. The van der Waals surface area contributed by atoms with Crippen molar-refractivity contribution in [3.63, 3.8) is 0 Å². The summed E-state index contributed by atoms with van der Waals surface area (Å²) in [6.07, 6.45) is 2.04. The van der Waals surface area contributed by atoms with Crippen LogP contribution in [0.2, 0.25) is 0 Å². The van der Waals surface area contributed by atoms with E-state index in [0.29, 0.717) is 38.9 Å². The van der Waals surface area contributed by atoms with Gasteiger partial charge in [-0.2, -0.15) is 22.1 Å². The van der Waals surface area contributed by atoms with E-state index in [1.807, 2.05) is 20.0 Å². The number of carbonyl (C=O) groups is 1. The molecule has 152 valence electrons. The van der Waals surface area contributed by atoms with Crippen molar-refractivity contribution < 1.29 is 13.2 Å². The molecule has 1 aromatic rings. The minimum Gasteiger partial charge on any atom is -0.350 e. The summed E-state index contributed by atoms with van der Waals surface area (Å²) in [5.41, 5.74) is 1.02. The Balaban J connectivity index is 1.86. The molecule has 3 heterocycles. The maximum atomic E-state index is 13.3.